The van der Waals surface area contributed by atoms with Crippen LogP contribution < -0.4 is 11.1 Å². The molecular weight excluding hydrogens is 198 g/mol. The molecule has 0 amide bonds. The molecule has 0 radical (unpaired) electrons. The van der Waals surface area contributed by atoms with Crippen molar-refractivity contribution in [3.8, 4) is 0 Å². The standard InChI is InChI=1S/C11H16F2N2/c1-7(2)5-6-15-11-9(14)4-3-8(12)10(11)13/h3-4,7,15H,5-6,14H2,1-2H3. The highest BCUT2D eigenvalue weighted by Crippen LogP contribution is 2.24. The molecule has 0 aliphatic carbocycles. The van der Waals surface area contributed by atoms with Crippen LogP contribution in [0, 0.1) is 17.6 Å². The molecule has 0 spiro atoms. The van der Waals surface area contributed by atoms with Gasteiger partial charge in [0.2, 0.25) is 0 Å². The summed E-state index contributed by atoms with van der Waals surface area (Å²) in [6.45, 7) is 4.71. The summed E-state index contributed by atoms with van der Waals surface area (Å²) in [7, 11) is 0. The van der Waals surface area contributed by atoms with Crippen molar-refractivity contribution in [2.24, 2.45) is 5.92 Å². The molecule has 0 fully saturated rings. The molecule has 0 heterocycles. The second-order valence-electron chi connectivity index (χ2n) is 3.93. The lowest BCUT2D eigenvalue weighted by Crippen LogP contribution is -2.09. The van der Waals surface area contributed by atoms with Crippen LogP contribution in [-0.2, 0) is 0 Å². The summed E-state index contributed by atoms with van der Waals surface area (Å²) in [4.78, 5) is 0. The van der Waals surface area contributed by atoms with E-state index in [4.69, 9.17) is 5.73 Å². The summed E-state index contributed by atoms with van der Waals surface area (Å²) in [5.41, 5.74) is 5.84. The lowest BCUT2D eigenvalue weighted by atomic mass is 10.1. The highest BCUT2D eigenvalue weighted by atomic mass is 19.2. The summed E-state index contributed by atoms with van der Waals surface area (Å²) < 4.78 is 26.1. The fourth-order valence-electron chi connectivity index (χ4n) is 1.23. The smallest absolute Gasteiger partial charge is 0.183 e. The van der Waals surface area contributed by atoms with Gasteiger partial charge in [-0.2, -0.15) is 0 Å². The van der Waals surface area contributed by atoms with Gasteiger partial charge in [-0.3, -0.25) is 0 Å². The first-order valence-corrected chi connectivity index (χ1v) is 4.99. The minimum Gasteiger partial charge on any atom is -0.397 e. The fraction of sp³-hybridized carbons (Fsp3) is 0.455. The molecule has 15 heavy (non-hydrogen) atoms. The van der Waals surface area contributed by atoms with E-state index in [1.165, 1.54) is 6.07 Å². The van der Waals surface area contributed by atoms with E-state index in [0.717, 1.165) is 12.5 Å². The maximum absolute atomic E-state index is 13.3. The average Bonchev–Trinajstić information content (AvgIpc) is 2.17. The molecule has 1 aromatic carbocycles. The predicted molar refractivity (Wildman–Crippen MR) is 58.7 cm³/mol. The lowest BCUT2D eigenvalue weighted by Gasteiger charge is -2.11. The van der Waals surface area contributed by atoms with Crippen molar-refractivity contribution in [3.05, 3.63) is 23.8 Å². The summed E-state index contributed by atoms with van der Waals surface area (Å²) in [5, 5.41) is 2.81. The first kappa shape index (κ1) is 11.8. The number of halogens is 2. The van der Waals surface area contributed by atoms with Crippen molar-refractivity contribution in [2.75, 3.05) is 17.6 Å². The van der Waals surface area contributed by atoms with Gasteiger partial charge in [-0.05, 0) is 24.5 Å². The first-order chi connectivity index (χ1) is 7.02. The number of anilines is 2. The third-order valence-corrected chi connectivity index (χ3v) is 2.15. The molecule has 0 unspecified atom stereocenters. The Balaban J connectivity index is 2.71. The fourth-order valence-corrected chi connectivity index (χ4v) is 1.23. The van der Waals surface area contributed by atoms with Crippen molar-refractivity contribution < 1.29 is 8.78 Å². The van der Waals surface area contributed by atoms with Gasteiger partial charge >= 0.3 is 0 Å². The number of hydrogen-bond donors (Lipinski definition) is 2. The molecule has 4 heteroatoms. The van der Waals surface area contributed by atoms with Crippen LogP contribution in [0.3, 0.4) is 0 Å². The Hall–Kier alpha value is -1.32. The number of nitrogens with one attached hydrogen (secondary N) is 1. The Morgan fingerprint density at radius 2 is 2.00 bits per heavy atom. The maximum atomic E-state index is 13.3. The molecule has 0 aliphatic heterocycles. The topological polar surface area (TPSA) is 38.0 Å². The van der Waals surface area contributed by atoms with E-state index in [-0.39, 0.29) is 11.4 Å². The summed E-state index contributed by atoms with van der Waals surface area (Å²) in [6, 6.07) is 2.38. The van der Waals surface area contributed by atoms with Gasteiger partial charge in [0.05, 0.1) is 11.4 Å². The van der Waals surface area contributed by atoms with E-state index in [2.05, 4.69) is 19.2 Å². The zero-order valence-electron chi connectivity index (χ0n) is 8.98. The van der Waals surface area contributed by atoms with Gasteiger partial charge in [0.15, 0.2) is 11.6 Å². The Bertz CT molecular complexity index is 338. The number of hydrogen-bond acceptors (Lipinski definition) is 2. The van der Waals surface area contributed by atoms with Crippen LogP contribution in [-0.4, -0.2) is 6.54 Å². The summed E-state index contributed by atoms with van der Waals surface area (Å²) in [6.07, 6.45) is 0.884. The largest absolute Gasteiger partial charge is 0.397 e. The van der Waals surface area contributed by atoms with Gasteiger partial charge in [-0.25, -0.2) is 8.78 Å². The molecular formula is C11H16F2N2. The van der Waals surface area contributed by atoms with E-state index >= 15 is 0 Å². The molecule has 0 aliphatic rings. The molecule has 0 saturated heterocycles. The summed E-state index contributed by atoms with van der Waals surface area (Å²) in [5.74, 6) is -1.27. The van der Waals surface area contributed by atoms with E-state index in [9.17, 15) is 8.78 Å². The number of nitrogen functional groups attached to an aromatic ring is 1. The van der Waals surface area contributed by atoms with Gasteiger partial charge in [0.25, 0.3) is 0 Å². The third-order valence-electron chi connectivity index (χ3n) is 2.15. The minimum atomic E-state index is -0.904. The van der Waals surface area contributed by atoms with E-state index < -0.39 is 11.6 Å². The molecule has 84 valence electrons. The van der Waals surface area contributed by atoms with E-state index in [1.54, 1.807) is 0 Å². The van der Waals surface area contributed by atoms with Crippen LogP contribution in [0.2, 0.25) is 0 Å². The number of benzene rings is 1. The molecule has 0 saturated carbocycles. The Kier molecular flexibility index (Phi) is 3.88. The molecule has 2 nitrogen and oxygen atoms in total. The van der Waals surface area contributed by atoms with E-state index in [1.807, 2.05) is 0 Å². The Morgan fingerprint density at radius 1 is 1.33 bits per heavy atom. The van der Waals surface area contributed by atoms with Crippen LogP contribution >= 0.6 is 0 Å². The van der Waals surface area contributed by atoms with Gasteiger partial charge in [0.1, 0.15) is 0 Å². The van der Waals surface area contributed by atoms with Crippen LogP contribution in [0.25, 0.3) is 0 Å². The average molecular weight is 214 g/mol. The second kappa shape index (κ2) is 4.96. The van der Waals surface area contributed by atoms with Crippen LogP contribution in [0.15, 0.2) is 12.1 Å². The normalized spacial score (nSPS) is 10.7. The van der Waals surface area contributed by atoms with Crippen LogP contribution in [0.1, 0.15) is 20.3 Å². The first-order valence-electron chi connectivity index (χ1n) is 4.99. The highest BCUT2D eigenvalue weighted by Gasteiger charge is 2.10. The quantitative estimate of drug-likeness (QED) is 0.756. The second-order valence-corrected chi connectivity index (χ2v) is 3.93. The van der Waals surface area contributed by atoms with Crippen molar-refractivity contribution in [1.29, 1.82) is 0 Å². The molecule has 3 N–H and O–H groups in total. The predicted octanol–water partition coefficient (Wildman–Crippen LogP) is 3.00. The van der Waals surface area contributed by atoms with Gasteiger partial charge in [-0.1, -0.05) is 13.8 Å². The Labute approximate surface area is 88.5 Å². The van der Waals surface area contributed by atoms with Crippen LogP contribution in [0.4, 0.5) is 20.2 Å². The molecule has 1 aromatic rings. The van der Waals surface area contributed by atoms with Gasteiger partial charge < -0.3 is 11.1 Å². The molecule has 0 atom stereocenters. The van der Waals surface area contributed by atoms with E-state index in [0.29, 0.717) is 12.5 Å². The maximum Gasteiger partial charge on any atom is 0.183 e. The number of rotatable bonds is 4. The zero-order chi connectivity index (χ0) is 11.4. The van der Waals surface area contributed by atoms with Crippen molar-refractivity contribution in [2.45, 2.75) is 20.3 Å². The SMILES string of the molecule is CC(C)CCNc1c(N)ccc(F)c1F. The van der Waals surface area contributed by atoms with Crippen molar-refractivity contribution in [1.82, 2.24) is 0 Å². The van der Waals surface area contributed by atoms with Gasteiger partial charge in [-0.15, -0.1) is 0 Å². The minimum absolute atomic E-state index is 0.0654. The number of nitrogens with two attached hydrogens (primary N) is 1. The highest BCUT2D eigenvalue weighted by molar-refractivity contribution is 5.66. The third kappa shape index (κ3) is 3.08. The molecule has 0 bridgehead atoms. The van der Waals surface area contributed by atoms with Crippen LogP contribution in [0.5, 0.6) is 0 Å². The zero-order valence-corrected chi connectivity index (χ0v) is 8.98. The van der Waals surface area contributed by atoms with Crippen molar-refractivity contribution in [3.63, 3.8) is 0 Å². The lowest BCUT2D eigenvalue weighted by molar-refractivity contribution is 0.510. The Morgan fingerprint density at radius 3 is 2.60 bits per heavy atom. The summed E-state index contributed by atoms with van der Waals surface area (Å²) >= 11 is 0. The molecule has 1 rings (SSSR count). The van der Waals surface area contributed by atoms with Gasteiger partial charge in [0, 0.05) is 6.54 Å². The molecule has 0 aromatic heterocycles. The van der Waals surface area contributed by atoms with Crippen molar-refractivity contribution >= 4 is 11.4 Å². The monoisotopic (exact) mass is 214 g/mol.